The lowest BCUT2D eigenvalue weighted by molar-refractivity contribution is 0.0980. The Labute approximate surface area is 111 Å². The second-order valence-electron chi connectivity index (χ2n) is 4.43. The van der Waals surface area contributed by atoms with Crippen LogP contribution >= 0.6 is 22.9 Å². The van der Waals surface area contributed by atoms with Gasteiger partial charge in [-0.3, -0.25) is 4.79 Å². The standard InChI is InChI=1S/C12H17ClN2OS/c1-9-14-12(13)11(17-9)10(16)5-4-8-15-6-2-3-7-15/h2-8H2,1H3. The zero-order chi connectivity index (χ0) is 12.3. The van der Waals surface area contributed by atoms with Crippen LogP contribution in [0.15, 0.2) is 0 Å². The summed E-state index contributed by atoms with van der Waals surface area (Å²) in [6.45, 7) is 5.28. The van der Waals surface area contributed by atoms with Crippen LogP contribution in [0.2, 0.25) is 5.15 Å². The summed E-state index contributed by atoms with van der Waals surface area (Å²) in [6.07, 6.45) is 4.10. The van der Waals surface area contributed by atoms with Crippen molar-refractivity contribution in [1.82, 2.24) is 9.88 Å². The number of aromatic nitrogens is 1. The van der Waals surface area contributed by atoms with Crippen LogP contribution in [0.3, 0.4) is 0 Å². The molecule has 1 aliphatic heterocycles. The number of likely N-dealkylation sites (tertiary alicyclic amines) is 1. The smallest absolute Gasteiger partial charge is 0.176 e. The molecule has 0 spiro atoms. The molecule has 0 atom stereocenters. The molecule has 0 N–H and O–H groups in total. The maximum Gasteiger partial charge on any atom is 0.176 e. The highest BCUT2D eigenvalue weighted by Gasteiger charge is 2.16. The third kappa shape index (κ3) is 3.50. The number of nitrogens with zero attached hydrogens (tertiary/aromatic N) is 2. The van der Waals surface area contributed by atoms with Crippen molar-refractivity contribution >= 4 is 28.7 Å². The molecule has 1 fully saturated rings. The fourth-order valence-electron chi connectivity index (χ4n) is 2.16. The Hall–Kier alpha value is -0.450. The van der Waals surface area contributed by atoms with Gasteiger partial charge in [0.1, 0.15) is 4.88 Å². The SMILES string of the molecule is Cc1nc(Cl)c(C(=O)CCCN2CCCC2)s1. The fourth-order valence-corrected chi connectivity index (χ4v) is 3.33. The van der Waals surface area contributed by atoms with Gasteiger partial charge in [-0.2, -0.15) is 0 Å². The number of aryl methyl sites for hydroxylation is 1. The molecule has 1 aliphatic rings. The molecule has 1 aromatic rings. The van der Waals surface area contributed by atoms with Crippen LogP contribution in [0.25, 0.3) is 0 Å². The zero-order valence-electron chi connectivity index (χ0n) is 10.0. The van der Waals surface area contributed by atoms with Crippen molar-refractivity contribution in [3.8, 4) is 0 Å². The molecular formula is C12H17ClN2OS. The van der Waals surface area contributed by atoms with Gasteiger partial charge in [0.2, 0.25) is 0 Å². The topological polar surface area (TPSA) is 33.2 Å². The first-order chi connectivity index (χ1) is 8.16. The van der Waals surface area contributed by atoms with E-state index >= 15 is 0 Å². The molecule has 0 radical (unpaired) electrons. The Morgan fingerprint density at radius 2 is 2.18 bits per heavy atom. The number of halogens is 1. The third-order valence-electron chi connectivity index (χ3n) is 3.02. The summed E-state index contributed by atoms with van der Waals surface area (Å²) >= 11 is 7.31. The highest BCUT2D eigenvalue weighted by atomic mass is 35.5. The molecule has 0 amide bonds. The maximum atomic E-state index is 11.9. The van der Waals surface area contributed by atoms with Crippen LogP contribution in [0.5, 0.6) is 0 Å². The van der Waals surface area contributed by atoms with E-state index in [0.717, 1.165) is 18.0 Å². The predicted molar refractivity (Wildman–Crippen MR) is 71.1 cm³/mol. The lowest BCUT2D eigenvalue weighted by Gasteiger charge is -2.13. The third-order valence-corrected chi connectivity index (χ3v) is 4.42. The lowest BCUT2D eigenvalue weighted by Crippen LogP contribution is -2.20. The highest BCUT2D eigenvalue weighted by molar-refractivity contribution is 7.14. The Kier molecular flexibility index (Phi) is 4.54. The van der Waals surface area contributed by atoms with E-state index in [-0.39, 0.29) is 5.78 Å². The quantitative estimate of drug-likeness (QED) is 0.772. The summed E-state index contributed by atoms with van der Waals surface area (Å²) in [4.78, 5) is 19.0. The van der Waals surface area contributed by atoms with Gasteiger partial charge in [0.15, 0.2) is 10.9 Å². The number of thiazole rings is 1. The van der Waals surface area contributed by atoms with E-state index in [1.54, 1.807) is 0 Å². The second kappa shape index (κ2) is 5.94. The highest BCUT2D eigenvalue weighted by Crippen LogP contribution is 2.24. The van der Waals surface area contributed by atoms with Gasteiger partial charge in [-0.1, -0.05) is 11.6 Å². The summed E-state index contributed by atoms with van der Waals surface area (Å²) in [5.74, 6) is 0.139. The molecule has 2 heterocycles. The number of hydrogen-bond acceptors (Lipinski definition) is 4. The van der Waals surface area contributed by atoms with Crippen LogP contribution in [0, 0.1) is 6.92 Å². The molecule has 2 rings (SSSR count). The summed E-state index contributed by atoms with van der Waals surface area (Å²) in [5, 5.41) is 1.23. The monoisotopic (exact) mass is 272 g/mol. The normalized spacial score (nSPS) is 16.6. The average Bonchev–Trinajstić information content (AvgIpc) is 2.88. The van der Waals surface area contributed by atoms with Crippen LogP contribution in [-0.4, -0.2) is 35.3 Å². The van der Waals surface area contributed by atoms with Gasteiger partial charge in [-0.15, -0.1) is 11.3 Å². The van der Waals surface area contributed by atoms with Crippen molar-refractivity contribution in [1.29, 1.82) is 0 Å². The minimum Gasteiger partial charge on any atom is -0.303 e. The van der Waals surface area contributed by atoms with Crippen molar-refractivity contribution in [3.63, 3.8) is 0 Å². The Morgan fingerprint density at radius 3 is 2.76 bits per heavy atom. The van der Waals surface area contributed by atoms with Gasteiger partial charge >= 0.3 is 0 Å². The molecule has 0 aromatic carbocycles. The van der Waals surface area contributed by atoms with E-state index in [9.17, 15) is 4.79 Å². The van der Waals surface area contributed by atoms with Gasteiger partial charge in [0.25, 0.3) is 0 Å². The van der Waals surface area contributed by atoms with Crippen molar-refractivity contribution in [3.05, 3.63) is 15.0 Å². The summed E-state index contributed by atoms with van der Waals surface area (Å²) in [5.41, 5.74) is 0. The molecule has 0 saturated carbocycles. The van der Waals surface area contributed by atoms with Crippen LogP contribution in [0.4, 0.5) is 0 Å². The summed E-state index contributed by atoms with van der Waals surface area (Å²) in [6, 6.07) is 0. The lowest BCUT2D eigenvalue weighted by atomic mass is 10.2. The molecular weight excluding hydrogens is 256 g/mol. The predicted octanol–water partition coefficient (Wildman–Crippen LogP) is 3.16. The second-order valence-corrected chi connectivity index (χ2v) is 5.99. The van der Waals surface area contributed by atoms with Gasteiger partial charge in [0, 0.05) is 6.42 Å². The minimum atomic E-state index is 0.139. The van der Waals surface area contributed by atoms with Crippen molar-refractivity contribution in [2.24, 2.45) is 0 Å². The Balaban J connectivity index is 1.78. The molecule has 0 aliphatic carbocycles. The fraction of sp³-hybridized carbons (Fsp3) is 0.667. The molecule has 0 bridgehead atoms. The first-order valence-corrected chi connectivity index (χ1v) is 7.25. The van der Waals surface area contributed by atoms with Crippen molar-refractivity contribution < 1.29 is 4.79 Å². The first-order valence-electron chi connectivity index (χ1n) is 6.05. The molecule has 1 saturated heterocycles. The summed E-state index contributed by atoms with van der Waals surface area (Å²) < 4.78 is 0. The summed E-state index contributed by atoms with van der Waals surface area (Å²) in [7, 11) is 0. The van der Waals surface area contributed by atoms with E-state index in [1.165, 1.54) is 37.3 Å². The number of ketones is 1. The number of hydrogen-bond donors (Lipinski definition) is 0. The van der Waals surface area contributed by atoms with Crippen LogP contribution in [-0.2, 0) is 0 Å². The number of carbonyl (C=O) groups is 1. The zero-order valence-corrected chi connectivity index (χ0v) is 11.6. The molecule has 94 valence electrons. The van der Waals surface area contributed by atoms with E-state index < -0.39 is 0 Å². The van der Waals surface area contributed by atoms with Gasteiger partial charge in [-0.05, 0) is 45.8 Å². The van der Waals surface area contributed by atoms with E-state index in [4.69, 9.17) is 11.6 Å². The molecule has 1 aromatic heterocycles. The van der Waals surface area contributed by atoms with Gasteiger partial charge < -0.3 is 4.90 Å². The van der Waals surface area contributed by atoms with E-state index in [2.05, 4.69) is 9.88 Å². The Morgan fingerprint density at radius 1 is 1.47 bits per heavy atom. The van der Waals surface area contributed by atoms with Gasteiger partial charge in [0.05, 0.1) is 5.01 Å². The van der Waals surface area contributed by atoms with Crippen molar-refractivity contribution in [2.75, 3.05) is 19.6 Å². The van der Waals surface area contributed by atoms with E-state index in [0.29, 0.717) is 16.5 Å². The number of carbonyl (C=O) groups excluding carboxylic acids is 1. The first kappa shape index (κ1) is 13.0. The average molecular weight is 273 g/mol. The van der Waals surface area contributed by atoms with Crippen LogP contribution < -0.4 is 0 Å². The largest absolute Gasteiger partial charge is 0.303 e. The minimum absolute atomic E-state index is 0.139. The molecule has 5 heteroatoms. The molecule has 0 unspecified atom stereocenters. The van der Waals surface area contributed by atoms with Gasteiger partial charge in [-0.25, -0.2) is 4.98 Å². The molecule has 17 heavy (non-hydrogen) atoms. The number of Topliss-reactive ketones (excluding diaryl/α,β-unsaturated/α-hetero) is 1. The van der Waals surface area contributed by atoms with Crippen molar-refractivity contribution in [2.45, 2.75) is 32.6 Å². The van der Waals surface area contributed by atoms with Crippen LogP contribution in [0.1, 0.15) is 40.4 Å². The van der Waals surface area contributed by atoms with E-state index in [1.807, 2.05) is 6.92 Å². The maximum absolute atomic E-state index is 11.9. The Bertz CT molecular complexity index is 399. The number of rotatable bonds is 5. The molecule has 3 nitrogen and oxygen atoms in total.